The quantitative estimate of drug-likeness (QED) is 0.902. The fraction of sp³-hybridized carbons (Fsp3) is 0.381. The van der Waals surface area contributed by atoms with Gasteiger partial charge in [0.05, 0.1) is 11.1 Å². The Morgan fingerprint density at radius 1 is 1.15 bits per heavy atom. The third-order valence-electron chi connectivity index (χ3n) is 4.83. The molecule has 1 saturated heterocycles. The van der Waals surface area contributed by atoms with Crippen molar-refractivity contribution in [2.45, 2.75) is 19.8 Å². The number of carbonyl (C=O) groups excluding carboxylic acids is 2. The lowest BCUT2D eigenvalue weighted by Gasteiger charge is -2.30. The van der Waals surface area contributed by atoms with Gasteiger partial charge in [0.1, 0.15) is 0 Å². The van der Waals surface area contributed by atoms with Crippen molar-refractivity contribution in [3.05, 3.63) is 53.9 Å². The number of amides is 2. The average molecular weight is 366 g/mol. The second-order valence-corrected chi connectivity index (χ2v) is 7.36. The fourth-order valence-corrected chi connectivity index (χ4v) is 3.28. The molecule has 1 aliphatic rings. The van der Waals surface area contributed by atoms with Gasteiger partial charge in [-0.25, -0.2) is 0 Å². The van der Waals surface area contributed by atoms with Crippen LogP contribution in [0.4, 0.5) is 11.4 Å². The molecule has 0 spiro atoms. The van der Waals surface area contributed by atoms with E-state index in [0.29, 0.717) is 22.7 Å². The van der Waals surface area contributed by atoms with Gasteiger partial charge in [-0.05, 0) is 49.1 Å². The highest BCUT2D eigenvalue weighted by atomic mass is 16.2. The second kappa shape index (κ2) is 8.20. The summed E-state index contributed by atoms with van der Waals surface area (Å²) in [6.45, 7) is 3.68. The number of nitrogens with zero attached hydrogens (tertiary/aromatic N) is 3. The van der Waals surface area contributed by atoms with Crippen LogP contribution in [-0.4, -0.2) is 48.9 Å². The molecule has 1 aromatic carbocycles. The van der Waals surface area contributed by atoms with Crippen molar-refractivity contribution < 1.29 is 9.59 Å². The molecule has 1 aromatic heterocycles. The molecule has 0 aliphatic carbocycles. The molecule has 0 radical (unpaired) electrons. The molecule has 1 aliphatic heterocycles. The summed E-state index contributed by atoms with van der Waals surface area (Å²) in [6, 6.07) is 9.20. The Morgan fingerprint density at radius 3 is 2.52 bits per heavy atom. The van der Waals surface area contributed by atoms with Gasteiger partial charge in [0.25, 0.3) is 11.8 Å². The van der Waals surface area contributed by atoms with Crippen molar-refractivity contribution in [2.24, 2.45) is 5.92 Å². The summed E-state index contributed by atoms with van der Waals surface area (Å²) in [7, 11) is 3.93. The molecule has 142 valence electrons. The highest BCUT2D eigenvalue weighted by molar-refractivity contribution is 6.05. The predicted octanol–water partition coefficient (Wildman–Crippen LogP) is 3.27. The van der Waals surface area contributed by atoms with E-state index < -0.39 is 0 Å². The number of aromatic nitrogens is 1. The molecule has 0 bridgehead atoms. The van der Waals surface area contributed by atoms with E-state index in [1.165, 1.54) is 12.4 Å². The van der Waals surface area contributed by atoms with Gasteiger partial charge in [0.2, 0.25) is 0 Å². The zero-order valence-electron chi connectivity index (χ0n) is 16.1. The van der Waals surface area contributed by atoms with Gasteiger partial charge < -0.3 is 15.1 Å². The molecular weight excluding hydrogens is 340 g/mol. The SMILES string of the molecule is CC1CCCN(C(=O)c2cncc(C(=O)Nc3ccc(N(C)C)cc3)c2)C1. The first kappa shape index (κ1) is 18.9. The number of nitrogens with one attached hydrogen (secondary N) is 1. The minimum atomic E-state index is -0.276. The van der Waals surface area contributed by atoms with E-state index in [9.17, 15) is 9.59 Å². The van der Waals surface area contributed by atoms with Crippen molar-refractivity contribution in [3.8, 4) is 0 Å². The summed E-state index contributed by atoms with van der Waals surface area (Å²) in [6.07, 6.45) is 5.18. The Balaban J connectivity index is 1.70. The molecule has 6 nitrogen and oxygen atoms in total. The van der Waals surface area contributed by atoms with E-state index in [2.05, 4.69) is 17.2 Å². The summed E-state index contributed by atoms with van der Waals surface area (Å²) in [4.78, 5) is 33.2. The molecule has 2 amide bonds. The van der Waals surface area contributed by atoms with Gasteiger partial charge in [-0.3, -0.25) is 14.6 Å². The van der Waals surface area contributed by atoms with Crippen LogP contribution in [0.5, 0.6) is 0 Å². The highest BCUT2D eigenvalue weighted by Gasteiger charge is 2.23. The number of piperidine rings is 1. The Bertz CT molecular complexity index is 817. The number of carbonyl (C=O) groups is 2. The Hall–Kier alpha value is -2.89. The Morgan fingerprint density at radius 2 is 1.85 bits per heavy atom. The minimum absolute atomic E-state index is 0.0564. The van der Waals surface area contributed by atoms with Gasteiger partial charge >= 0.3 is 0 Å². The monoisotopic (exact) mass is 366 g/mol. The summed E-state index contributed by atoms with van der Waals surface area (Å²) in [5, 5.41) is 2.85. The van der Waals surface area contributed by atoms with Crippen LogP contribution in [0.2, 0.25) is 0 Å². The molecule has 2 heterocycles. The van der Waals surface area contributed by atoms with Crippen molar-refractivity contribution in [1.82, 2.24) is 9.88 Å². The normalized spacial score (nSPS) is 16.7. The molecule has 1 fully saturated rings. The third-order valence-corrected chi connectivity index (χ3v) is 4.83. The van der Waals surface area contributed by atoms with Crippen molar-refractivity contribution in [3.63, 3.8) is 0 Å². The van der Waals surface area contributed by atoms with E-state index in [1.54, 1.807) is 6.07 Å². The first-order valence-electron chi connectivity index (χ1n) is 9.27. The Kier molecular flexibility index (Phi) is 5.74. The zero-order valence-corrected chi connectivity index (χ0v) is 16.1. The van der Waals surface area contributed by atoms with Crippen LogP contribution >= 0.6 is 0 Å². The number of pyridine rings is 1. The number of hydrogen-bond donors (Lipinski definition) is 1. The second-order valence-electron chi connectivity index (χ2n) is 7.36. The molecule has 27 heavy (non-hydrogen) atoms. The summed E-state index contributed by atoms with van der Waals surface area (Å²) in [5.74, 6) is 0.174. The van der Waals surface area contributed by atoms with E-state index in [-0.39, 0.29) is 11.8 Å². The van der Waals surface area contributed by atoms with Crippen LogP contribution < -0.4 is 10.2 Å². The average Bonchev–Trinajstić information content (AvgIpc) is 2.68. The van der Waals surface area contributed by atoms with Crippen LogP contribution in [0.3, 0.4) is 0 Å². The largest absolute Gasteiger partial charge is 0.378 e. The van der Waals surface area contributed by atoms with E-state index in [1.807, 2.05) is 48.2 Å². The van der Waals surface area contributed by atoms with Crippen molar-refractivity contribution in [1.29, 1.82) is 0 Å². The maximum atomic E-state index is 12.7. The lowest BCUT2D eigenvalue weighted by atomic mass is 9.99. The van der Waals surface area contributed by atoms with Crippen LogP contribution in [0.15, 0.2) is 42.7 Å². The molecule has 6 heteroatoms. The van der Waals surface area contributed by atoms with Crippen molar-refractivity contribution in [2.75, 3.05) is 37.4 Å². The number of likely N-dealkylation sites (tertiary alicyclic amines) is 1. The van der Waals surface area contributed by atoms with Crippen LogP contribution in [0.25, 0.3) is 0 Å². The van der Waals surface area contributed by atoms with Crippen LogP contribution in [-0.2, 0) is 0 Å². The van der Waals surface area contributed by atoms with Crippen LogP contribution in [0, 0.1) is 5.92 Å². The maximum absolute atomic E-state index is 12.7. The molecule has 2 aromatic rings. The predicted molar refractivity (Wildman–Crippen MR) is 107 cm³/mol. The molecular formula is C21H26N4O2. The Labute approximate surface area is 160 Å². The van der Waals surface area contributed by atoms with Crippen LogP contribution in [0.1, 0.15) is 40.5 Å². The number of rotatable bonds is 4. The smallest absolute Gasteiger partial charge is 0.257 e. The molecule has 3 rings (SSSR count). The number of anilines is 2. The molecule has 0 saturated carbocycles. The topological polar surface area (TPSA) is 65.5 Å². The van der Waals surface area contributed by atoms with Gasteiger partial charge in [0.15, 0.2) is 0 Å². The molecule has 1 unspecified atom stereocenters. The highest BCUT2D eigenvalue weighted by Crippen LogP contribution is 2.19. The first-order valence-corrected chi connectivity index (χ1v) is 9.27. The van der Waals surface area contributed by atoms with E-state index in [4.69, 9.17) is 0 Å². The van der Waals surface area contributed by atoms with Gasteiger partial charge in [-0.2, -0.15) is 0 Å². The maximum Gasteiger partial charge on any atom is 0.257 e. The standard InChI is InChI=1S/C21H26N4O2/c1-15-5-4-10-25(14-15)21(27)17-11-16(12-22-13-17)20(26)23-18-6-8-19(9-7-18)24(2)3/h6-9,11-13,15H,4-5,10,14H2,1-3H3,(H,23,26). The zero-order chi connectivity index (χ0) is 19.4. The number of hydrogen-bond acceptors (Lipinski definition) is 4. The minimum Gasteiger partial charge on any atom is -0.378 e. The van der Waals surface area contributed by atoms with Crippen molar-refractivity contribution >= 4 is 23.2 Å². The molecule has 1 atom stereocenters. The first-order chi connectivity index (χ1) is 12.9. The van der Waals surface area contributed by atoms with Gasteiger partial charge in [-0.15, -0.1) is 0 Å². The lowest BCUT2D eigenvalue weighted by Crippen LogP contribution is -2.39. The summed E-state index contributed by atoms with van der Waals surface area (Å²) in [5.41, 5.74) is 2.59. The van der Waals surface area contributed by atoms with E-state index >= 15 is 0 Å². The van der Waals surface area contributed by atoms with Gasteiger partial charge in [-0.1, -0.05) is 6.92 Å². The number of benzene rings is 1. The van der Waals surface area contributed by atoms with E-state index in [0.717, 1.165) is 31.6 Å². The molecule has 1 N–H and O–H groups in total. The third kappa shape index (κ3) is 4.64. The summed E-state index contributed by atoms with van der Waals surface area (Å²) < 4.78 is 0. The summed E-state index contributed by atoms with van der Waals surface area (Å²) >= 11 is 0. The lowest BCUT2D eigenvalue weighted by molar-refractivity contribution is 0.0682. The fourth-order valence-electron chi connectivity index (χ4n) is 3.28. The van der Waals surface area contributed by atoms with Gasteiger partial charge in [0, 0.05) is 51.0 Å².